The van der Waals surface area contributed by atoms with Gasteiger partial charge in [-0.2, -0.15) is 4.98 Å². The predicted octanol–water partition coefficient (Wildman–Crippen LogP) is -0.579. The van der Waals surface area contributed by atoms with Gasteiger partial charge in [-0.1, -0.05) is 0 Å². The highest BCUT2D eigenvalue weighted by atomic mass is 16.4. The molecule has 43 heavy (non-hydrogen) atoms. The summed E-state index contributed by atoms with van der Waals surface area (Å²) in [6.45, 7) is 0.231. The molecule has 4 rings (SSSR count). The second kappa shape index (κ2) is 14.5. The number of aromatic amines is 1. The van der Waals surface area contributed by atoms with Crippen LogP contribution in [0.25, 0.3) is 11.2 Å². The Bertz CT molecular complexity index is 1690. The molecule has 0 saturated carbocycles. The topological polar surface area (TPSA) is 307 Å². The Hall–Kier alpha value is -6.17. The first-order chi connectivity index (χ1) is 20.5. The standard InChI is InChI=1S/C19H19N7O6.C6H8N4O/c20-19-25-15-14(17(30)26-19)23-11(8-22-15)7-21-10-3-1-9(2-4-10)16(29)24-12(18(31)32)5-6-13(27)28;7-5(11)4-2-1-3-9-6(4)10-8/h1-4,8,12,21H,5-7H2,(H,24,29)(H,27,28)(H,31,32)(H3,20,22,25,26,30);1-3H,8H2,(H2,7,11)(H,9,10)/t12-;/m0./s1. The van der Waals surface area contributed by atoms with Crippen molar-refractivity contribution in [3.63, 3.8) is 0 Å². The zero-order valence-electron chi connectivity index (χ0n) is 22.3. The van der Waals surface area contributed by atoms with E-state index in [4.69, 9.17) is 27.5 Å². The van der Waals surface area contributed by atoms with Gasteiger partial charge in [0, 0.05) is 23.9 Å². The minimum Gasteiger partial charge on any atom is -0.481 e. The van der Waals surface area contributed by atoms with Crippen molar-refractivity contribution >= 4 is 52.4 Å². The van der Waals surface area contributed by atoms with Gasteiger partial charge in [-0.05, 0) is 42.8 Å². The van der Waals surface area contributed by atoms with Gasteiger partial charge < -0.3 is 37.7 Å². The van der Waals surface area contributed by atoms with E-state index in [1.165, 1.54) is 24.5 Å². The lowest BCUT2D eigenvalue weighted by atomic mass is 10.1. The second-order valence-electron chi connectivity index (χ2n) is 8.62. The lowest BCUT2D eigenvalue weighted by Crippen LogP contribution is -2.41. The first-order valence-electron chi connectivity index (χ1n) is 12.3. The van der Waals surface area contributed by atoms with E-state index in [2.05, 4.69) is 41.0 Å². The van der Waals surface area contributed by atoms with Gasteiger partial charge in [0.2, 0.25) is 5.95 Å². The summed E-state index contributed by atoms with van der Waals surface area (Å²) in [5.41, 5.74) is 14.0. The average Bonchev–Trinajstić information content (AvgIpc) is 2.98. The summed E-state index contributed by atoms with van der Waals surface area (Å²) in [7, 11) is 0. The Labute approximate surface area is 241 Å². The van der Waals surface area contributed by atoms with Gasteiger partial charge in [0.1, 0.15) is 6.04 Å². The number of carboxylic acids is 2. The third-order valence-electron chi connectivity index (χ3n) is 5.57. The van der Waals surface area contributed by atoms with Crippen molar-refractivity contribution in [2.75, 3.05) is 16.5 Å². The number of benzene rings is 1. The molecule has 0 spiro atoms. The highest BCUT2D eigenvalue weighted by Gasteiger charge is 2.21. The van der Waals surface area contributed by atoms with Crippen molar-refractivity contribution in [1.29, 1.82) is 0 Å². The molecule has 0 aliphatic carbocycles. The molecule has 1 aromatic carbocycles. The minimum atomic E-state index is -1.31. The molecule has 18 heteroatoms. The largest absolute Gasteiger partial charge is 0.481 e. The van der Waals surface area contributed by atoms with Crippen LogP contribution in [-0.2, 0) is 16.1 Å². The van der Waals surface area contributed by atoms with Gasteiger partial charge in [0.25, 0.3) is 17.4 Å². The van der Waals surface area contributed by atoms with Gasteiger partial charge in [-0.25, -0.2) is 25.6 Å². The third kappa shape index (κ3) is 8.91. The molecule has 18 nitrogen and oxygen atoms in total. The van der Waals surface area contributed by atoms with Crippen LogP contribution in [0.2, 0.25) is 0 Å². The number of carbonyl (C=O) groups excluding carboxylic acids is 2. The lowest BCUT2D eigenvalue weighted by molar-refractivity contribution is -0.140. The van der Waals surface area contributed by atoms with E-state index in [0.29, 0.717) is 17.2 Å². The Morgan fingerprint density at radius 3 is 2.35 bits per heavy atom. The number of hydrogen-bond acceptors (Lipinski definition) is 13. The van der Waals surface area contributed by atoms with E-state index in [1.54, 1.807) is 24.3 Å². The van der Waals surface area contributed by atoms with E-state index in [1.807, 2.05) is 0 Å². The lowest BCUT2D eigenvalue weighted by Gasteiger charge is -2.14. The van der Waals surface area contributed by atoms with Crippen LogP contribution in [0.3, 0.4) is 0 Å². The molecule has 0 bridgehead atoms. The average molecular weight is 594 g/mol. The fraction of sp³-hybridized carbons (Fsp3) is 0.160. The van der Waals surface area contributed by atoms with Gasteiger partial charge in [0.15, 0.2) is 17.0 Å². The number of pyridine rings is 1. The van der Waals surface area contributed by atoms with Crippen LogP contribution in [0.1, 0.15) is 39.3 Å². The van der Waals surface area contributed by atoms with Crippen molar-refractivity contribution in [1.82, 2.24) is 30.2 Å². The van der Waals surface area contributed by atoms with E-state index < -0.39 is 35.4 Å². The van der Waals surface area contributed by atoms with Crippen LogP contribution in [0, 0.1) is 0 Å². The zero-order chi connectivity index (χ0) is 31.5. The maximum absolute atomic E-state index is 12.3. The molecule has 0 fully saturated rings. The number of aromatic nitrogens is 5. The van der Waals surface area contributed by atoms with Gasteiger partial charge >= 0.3 is 11.9 Å². The Morgan fingerprint density at radius 1 is 1.02 bits per heavy atom. The smallest absolute Gasteiger partial charge is 0.326 e. The number of fused-ring (bicyclic) bond motifs is 1. The number of nitrogen functional groups attached to an aromatic ring is 2. The molecular weight excluding hydrogens is 566 g/mol. The monoisotopic (exact) mass is 593 g/mol. The number of nitrogens with two attached hydrogens (primary N) is 3. The number of nitrogens with one attached hydrogen (secondary N) is 4. The fourth-order valence-electron chi connectivity index (χ4n) is 3.47. The highest BCUT2D eigenvalue weighted by molar-refractivity contribution is 5.97. The van der Waals surface area contributed by atoms with Crippen molar-refractivity contribution in [3.05, 3.63) is 76.0 Å². The number of rotatable bonds is 11. The maximum Gasteiger partial charge on any atom is 0.326 e. The first kappa shape index (κ1) is 31.4. The van der Waals surface area contributed by atoms with Crippen LogP contribution in [-0.4, -0.2) is 64.9 Å². The summed E-state index contributed by atoms with van der Waals surface area (Å²) in [6.07, 6.45) is 2.36. The molecule has 224 valence electrons. The second-order valence-corrected chi connectivity index (χ2v) is 8.62. The molecule has 3 heterocycles. The van der Waals surface area contributed by atoms with E-state index in [0.717, 1.165) is 0 Å². The third-order valence-corrected chi connectivity index (χ3v) is 5.57. The maximum atomic E-state index is 12.3. The molecule has 0 aliphatic rings. The number of aliphatic carboxylic acids is 2. The number of nitrogens with zero attached hydrogens (tertiary/aromatic N) is 4. The molecule has 4 aromatic rings. The first-order valence-corrected chi connectivity index (χ1v) is 12.3. The Kier molecular flexibility index (Phi) is 10.5. The zero-order valence-corrected chi connectivity index (χ0v) is 22.3. The van der Waals surface area contributed by atoms with E-state index in [9.17, 15) is 24.0 Å². The van der Waals surface area contributed by atoms with Gasteiger partial charge in [0.05, 0.1) is 24.0 Å². The van der Waals surface area contributed by atoms with Crippen molar-refractivity contribution < 1.29 is 29.4 Å². The summed E-state index contributed by atoms with van der Waals surface area (Å²) in [5.74, 6) is 1.65. The molecule has 2 amide bonds. The fourth-order valence-corrected chi connectivity index (χ4v) is 3.47. The number of hydrazine groups is 1. The Balaban J connectivity index is 0.000000386. The number of carboxylic acid groups (broad SMARTS) is 2. The summed E-state index contributed by atoms with van der Waals surface area (Å²) < 4.78 is 0. The quantitative estimate of drug-likeness (QED) is 0.0776. The van der Waals surface area contributed by atoms with Gasteiger partial charge in [-0.15, -0.1) is 0 Å². The number of anilines is 3. The van der Waals surface area contributed by atoms with Crippen molar-refractivity contribution in [3.8, 4) is 0 Å². The van der Waals surface area contributed by atoms with Crippen LogP contribution in [0.5, 0.6) is 0 Å². The molecule has 3 aromatic heterocycles. The summed E-state index contributed by atoms with van der Waals surface area (Å²) in [4.78, 5) is 75.0. The van der Waals surface area contributed by atoms with Crippen LogP contribution < -0.4 is 38.9 Å². The number of primary amides is 1. The normalized spacial score (nSPS) is 11.0. The molecule has 0 saturated heterocycles. The molecule has 0 unspecified atom stereocenters. The predicted molar refractivity (Wildman–Crippen MR) is 152 cm³/mol. The molecule has 1 atom stereocenters. The molecular formula is C25H27N11O7. The number of carbonyl (C=O) groups is 4. The minimum absolute atomic E-state index is 0.0524. The van der Waals surface area contributed by atoms with Crippen LogP contribution in [0.15, 0.2) is 53.6 Å². The molecule has 0 radical (unpaired) electrons. The number of hydrogen-bond donors (Lipinski definition) is 9. The summed E-state index contributed by atoms with van der Waals surface area (Å²) >= 11 is 0. The SMILES string of the molecule is NNc1ncccc1C(N)=O.Nc1nc2ncc(CNc3ccc(C(=O)N[C@@H](CCC(=O)O)C(=O)O)cc3)nc2c(=O)[nH]1. The number of amides is 2. The van der Waals surface area contributed by atoms with Gasteiger partial charge in [-0.3, -0.25) is 24.2 Å². The Morgan fingerprint density at radius 2 is 1.74 bits per heavy atom. The van der Waals surface area contributed by atoms with E-state index >= 15 is 0 Å². The van der Waals surface area contributed by atoms with Crippen LogP contribution >= 0.6 is 0 Å². The summed E-state index contributed by atoms with van der Waals surface area (Å²) in [5, 5.41) is 23.2. The highest BCUT2D eigenvalue weighted by Crippen LogP contribution is 2.12. The number of H-pyrrole nitrogens is 1. The molecule has 0 aliphatic heterocycles. The summed E-state index contributed by atoms with van der Waals surface area (Å²) in [6, 6.07) is 8.02. The van der Waals surface area contributed by atoms with E-state index in [-0.39, 0.29) is 47.6 Å². The van der Waals surface area contributed by atoms with Crippen molar-refractivity contribution in [2.45, 2.75) is 25.4 Å². The molecule has 12 N–H and O–H groups in total. The van der Waals surface area contributed by atoms with Crippen LogP contribution in [0.4, 0.5) is 17.5 Å². The van der Waals surface area contributed by atoms with Crippen molar-refractivity contribution in [2.24, 2.45) is 11.6 Å².